The highest BCUT2D eigenvalue weighted by molar-refractivity contribution is 7.89. The van der Waals surface area contributed by atoms with Crippen molar-refractivity contribution in [2.45, 2.75) is 11.1 Å². The number of nitrogens with zero attached hydrogens (tertiary/aromatic N) is 1. The molecule has 0 unspecified atom stereocenters. The fraction of sp³-hybridized carbons (Fsp3) is 0.0500. The van der Waals surface area contributed by atoms with Gasteiger partial charge in [0.25, 0.3) is 0 Å². The van der Waals surface area contributed by atoms with Crippen molar-refractivity contribution in [2.75, 3.05) is 0 Å². The SMILES string of the molecule is NS(=O)(=O)c1ccc(-c2[nH]nc(-c3ccc(-c4ccoc4)cc3)c2C(F)(F)F)cc1. The summed E-state index contributed by atoms with van der Waals surface area (Å²) in [5.74, 6) is 0. The van der Waals surface area contributed by atoms with Crippen molar-refractivity contribution in [3.05, 3.63) is 72.7 Å². The first-order chi connectivity index (χ1) is 14.1. The number of H-pyrrole nitrogens is 1. The van der Waals surface area contributed by atoms with Crippen molar-refractivity contribution in [2.24, 2.45) is 5.14 Å². The number of sulfonamides is 1. The second-order valence-corrected chi connectivity index (χ2v) is 8.04. The van der Waals surface area contributed by atoms with Gasteiger partial charge < -0.3 is 4.42 Å². The van der Waals surface area contributed by atoms with E-state index in [1.165, 1.54) is 24.7 Å². The van der Waals surface area contributed by atoms with Gasteiger partial charge in [0.2, 0.25) is 10.0 Å². The molecular weight excluding hydrogens is 419 g/mol. The third-order valence-electron chi connectivity index (χ3n) is 4.53. The van der Waals surface area contributed by atoms with Crippen molar-refractivity contribution >= 4 is 10.0 Å². The molecule has 2 aromatic carbocycles. The minimum atomic E-state index is -4.69. The lowest BCUT2D eigenvalue weighted by atomic mass is 9.99. The van der Waals surface area contributed by atoms with Crippen LogP contribution in [0.3, 0.4) is 0 Å². The maximum atomic E-state index is 13.9. The van der Waals surface area contributed by atoms with Gasteiger partial charge in [0, 0.05) is 16.7 Å². The Labute approximate surface area is 169 Å². The van der Waals surface area contributed by atoms with Gasteiger partial charge in [-0.25, -0.2) is 13.6 Å². The van der Waals surface area contributed by atoms with Crippen LogP contribution in [0.2, 0.25) is 0 Å². The summed E-state index contributed by atoms with van der Waals surface area (Å²) in [5.41, 5.74) is 0.526. The first-order valence-corrected chi connectivity index (χ1v) is 10.1. The Bertz CT molecular complexity index is 1280. The molecule has 0 radical (unpaired) electrons. The van der Waals surface area contributed by atoms with Crippen LogP contribution in [0.5, 0.6) is 0 Å². The highest BCUT2D eigenvalue weighted by atomic mass is 32.2. The maximum Gasteiger partial charge on any atom is 0.420 e. The number of nitrogens with two attached hydrogens (primary N) is 1. The van der Waals surface area contributed by atoms with Crippen LogP contribution in [-0.4, -0.2) is 18.6 Å². The zero-order valence-electron chi connectivity index (χ0n) is 15.1. The standard InChI is InChI=1S/C20H14F3N3O3S/c21-20(22,23)17-18(13-3-1-12(2-4-13)15-9-10-29-11-15)25-26-19(17)14-5-7-16(8-6-14)30(24,27)28/h1-11H,(H,25,26)(H2,24,27,28). The van der Waals surface area contributed by atoms with Crippen molar-refractivity contribution < 1.29 is 26.0 Å². The molecule has 2 heterocycles. The zero-order chi connectivity index (χ0) is 21.5. The number of halogens is 3. The maximum absolute atomic E-state index is 13.9. The number of alkyl halides is 3. The predicted molar refractivity (Wildman–Crippen MR) is 104 cm³/mol. The Kier molecular flexibility index (Phi) is 4.75. The molecule has 0 bridgehead atoms. The number of rotatable bonds is 4. The van der Waals surface area contributed by atoms with Gasteiger partial charge in [-0.2, -0.15) is 18.3 Å². The molecular formula is C20H14F3N3O3S. The normalized spacial score (nSPS) is 12.3. The van der Waals surface area contributed by atoms with E-state index in [1.807, 2.05) is 0 Å². The first kappa shape index (κ1) is 19.9. The first-order valence-electron chi connectivity index (χ1n) is 8.56. The van der Waals surface area contributed by atoms with E-state index in [1.54, 1.807) is 30.3 Å². The van der Waals surface area contributed by atoms with Crippen LogP contribution in [0, 0.1) is 0 Å². The van der Waals surface area contributed by atoms with Crippen molar-refractivity contribution in [3.8, 4) is 33.6 Å². The van der Waals surface area contributed by atoms with E-state index >= 15 is 0 Å². The molecule has 0 spiro atoms. The van der Waals surface area contributed by atoms with Gasteiger partial charge in [0.05, 0.1) is 23.1 Å². The van der Waals surface area contributed by atoms with Crippen molar-refractivity contribution in [1.29, 1.82) is 0 Å². The number of furan rings is 1. The highest BCUT2D eigenvalue weighted by Crippen LogP contribution is 2.42. The summed E-state index contributed by atoms with van der Waals surface area (Å²) in [4.78, 5) is -0.200. The van der Waals surface area contributed by atoms with E-state index in [2.05, 4.69) is 10.2 Å². The Morgan fingerprint density at radius 2 is 1.47 bits per heavy atom. The van der Waals surface area contributed by atoms with Gasteiger partial charge in [-0.05, 0) is 23.8 Å². The summed E-state index contributed by atoms with van der Waals surface area (Å²) < 4.78 is 69.5. The van der Waals surface area contributed by atoms with Crippen LogP contribution in [0.1, 0.15) is 5.56 Å². The molecule has 10 heteroatoms. The molecule has 2 aromatic heterocycles. The number of hydrogen-bond donors (Lipinski definition) is 2. The summed E-state index contributed by atoms with van der Waals surface area (Å²) in [5, 5.41) is 11.4. The van der Waals surface area contributed by atoms with Crippen LogP contribution in [0.25, 0.3) is 33.6 Å². The molecule has 0 saturated carbocycles. The number of aromatic amines is 1. The van der Waals surface area contributed by atoms with E-state index in [4.69, 9.17) is 9.56 Å². The molecule has 154 valence electrons. The van der Waals surface area contributed by atoms with Crippen LogP contribution >= 0.6 is 0 Å². The molecule has 3 N–H and O–H groups in total. The lowest BCUT2D eigenvalue weighted by Gasteiger charge is -2.11. The summed E-state index contributed by atoms with van der Waals surface area (Å²) in [7, 11) is -3.96. The van der Waals surface area contributed by atoms with E-state index in [0.717, 1.165) is 23.3 Å². The topological polar surface area (TPSA) is 102 Å². The number of benzene rings is 2. The molecule has 6 nitrogen and oxygen atoms in total. The van der Waals surface area contributed by atoms with Gasteiger partial charge in [-0.3, -0.25) is 5.10 Å². The summed E-state index contributed by atoms with van der Waals surface area (Å²) in [6, 6.07) is 13.0. The minimum absolute atomic E-state index is 0.128. The number of aromatic nitrogens is 2. The van der Waals surface area contributed by atoms with Crippen LogP contribution in [0.4, 0.5) is 13.2 Å². The lowest BCUT2D eigenvalue weighted by Crippen LogP contribution is -2.12. The van der Waals surface area contributed by atoms with Crippen LogP contribution in [0.15, 0.2) is 76.4 Å². The molecule has 0 aliphatic rings. The second kappa shape index (κ2) is 7.15. The van der Waals surface area contributed by atoms with Crippen molar-refractivity contribution in [1.82, 2.24) is 10.2 Å². The Balaban J connectivity index is 1.78. The van der Waals surface area contributed by atoms with Crippen molar-refractivity contribution in [3.63, 3.8) is 0 Å². The summed E-state index contributed by atoms with van der Waals surface area (Å²) in [6.07, 6.45) is -1.65. The van der Waals surface area contributed by atoms with E-state index in [9.17, 15) is 21.6 Å². The molecule has 0 aliphatic heterocycles. The van der Waals surface area contributed by atoms with Gasteiger partial charge in [0.15, 0.2) is 0 Å². The third kappa shape index (κ3) is 3.74. The van der Waals surface area contributed by atoms with Gasteiger partial charge in [0.1, 0.15) is 11.3 Å². The fourth-order valence-electron chi connectivity index (χ4n) is 3.10. The molecule has 0 fully saturated rings. The largest absolute Gasteiger partial charge is 0.472 e. The van der Waals surface area contributed by atoms with Gasteiger partial charge >= 0.3 is 6.18 Å². The fourth-order valence-corrected chi connectivity index (χ4v) is 3.61. The number of hydrogen-bond acceptors (Lipinski definition) is 4. The molecule has 0 amide bonds. The van der Waals surface area contributed by atoms with Gasteiger partial charge in [-0.1, -0.05) is 36.4 Å². The molecule has 4 rings (SSSR count). The zero-order valence-corrected chi connectivity index (χ0v) is 16.0. The monoisotopic (exact) mass is 433 g/mol. The molecule has 0 aliphatic carbocycles. The van der Waals surface area contributed by atoms with E-state index in [0.29, 0.717) is 0 Å². The Morgan fingerprint density at radius 1 is 0.867 bits per heavy atom. The number of primary sulfonamides is 1. The summed E-state index contributed by atoms with van der Waals surface area (Å²) >= 11 is 0. The predicted octanol–water partition coefficient (Wildman–Crippen LogP) is 4.67. The number of nitrogens with one attached hydrogen (secondary N) is 1. The minimum Gasteiger partial charge on any atom is -0.472 e. The Hall–Kier alpha value is -3.37. The molecule has 0 atom stereocenters. The quantitative estimate of drug-likeness (QED) is 0.488. The summed E-state index contributed by atoms with van der Waals surface area (Å²) in [6.45, 7) is 0. The van der Waals surface area contributed by atoms with Crippen LogP contribution < -0.4 is 5.14 Å². The highest BCUT2D eigenvalue weighted by Gasteiger charge is 2.39. The molecule has 30 heavy (non-hydrogen) atoms. The second-order valence-electron chi connectivity index (χ2n) is 6.48. The van der Waals surface area contributed by atoms with Crippen LogP contribution in [-0.2, 0) is 16.2 Å². The van der Waals surface area contributed by atoms with E-state index < -0.39 is 21.8 Å². The third-order valence-corrected chi connectivity index (χ3v) is 5.46. The van der Waals surface area contributed by atoms with E-state index in [-0.39, 0.29) is 27.4 Å². The molecule has 0 saturated heterocycles. The lowest BCUT2D eigenvalue weighted by molar-refractivity contribution is -0.136. The smallest absolute Gasteiger partial charge is 0.420 e. The molecule has 4 aromatic rings. The Morgan fingerprint density at radius 3 is 2.00 bits per heavy atom. The van der Waals surface area contributed by atoms with Gasteiger partial charge in [-0.15, -0.1) is 0 Å². The average molecular weight is 433 g/mol. The average Bonchev–Trinajstić information content (AvgIpc) is 3.37.